The first-order valence-electron chi connectivity index (χ1n) is 9.28. The van der Waals surface area contributed by atoms with Gasteiger partial charge >= 0.3 is 0 Å². The van der Waals surface area contributed by atoms with Crippen LogP contribution in [0.3, 0.4) is 0 Å². The molecule has 1 amide bonds. The molecule has 6 nitrogen and oxygen atoms in total. The van der Waals surface area contributed by atoms with E-state index in [1.165, 1.54) is 11.8 Å². The standard InChI is InChI=1S/C22H19BrN4O2S/c1-13-6-8-17(9-7-13)27-21(29)20-18(10-14(2)24-20)26-22(27)30-12-19(28)25-16-5-3-4-15(23)11-16/h3-11,24H,12H2,1-2H3,(H,25,28). The van der Waals surface area contributed by atoms with Crippen LogP contribution >= 0.6 is 27.7 Å². The van der Waals surface area contributed by atoms with Gasteiger partial charge in [-0.2, -0.15) is 0 Å². The summed E-state index contributed by atoms with van der Waals surface area (Å²) < 4.78 is 2.44. The van der Waals surface area contributed by atoms with E-state index in [-0.39, 0.29) is 17.2 Å². The Labute approximate surface area is 185 Å². The highest BCUT2D eigenvalue weighted by Gasteiger charge is 2.16. The number of halogens is 1. The van der Waals surface area contributed by atoms with Crippen molar-refractivity contribution in [3.8, 4) is 5.69 Å². The Bertz CT molecular complexity index is 1290. The van der Waals surface area contributed by atoms with Gasteiger partial charge in [0, 0.05) is 15.9 Å². The molecule has 0 spiro atoms. The predicted octanol–water partition coefficient (Wildman–Crippen LogP) is 4.82. The van der Waals surface area contributed by atoms with E-state index in [1.54, 1.807) is 4.57 Å². The summed E-state index contributed by atoms with van der Waals surface area (Å²) in [5, 5.41) is 3.34. The monoisotopic (exact) mass is 482 g/mol. The van der Waals surface area contributed by atoms with Gasteiger partial charge in [-0.15, -0.1) is 0 Å². The van der Waals surface area contributed by atoms with Gasteiger partial charge in [0.1, 0.15) is 5.52 Å². The molecule has 0 saturated carbocycles. The number of amides is 1. The number of hydrogen-bond donors (Lipinski definition) is 2. The first kappa shape index (κ1) is 20.4. The summed E-state index contributed by atoms with van der Waals surface area (Å²) in [4.78, 5) is 33.4. The van der Waals surface area contributed by atoms with Crippen molar-refractivity contribution >= 4 is 50.3 Å². The second kappa shape index (κ2) is 8.49. The molecular weight excluding hydrogens is 464 g/mol. The van der Waals surface area contributed by atoms with Gasteiger partial charge in [-0.1, -0.05) is 51.5 Å². The van der Waals surface area contributed by atoms with Gasteiger partial charge in [0.15, 0.2) is 5.16 Å². The van der Waals surface area contributed by atoms with Crippen LogP contribution in [0, 0.1) is 13.8 Å². The van der Waals surface area contributed by atoms with Crippen molar-refractivity contribution in [3.05, 3.63) is 80.7 Å². The Kier molecular flexibility index (Phi) is 5.78. The van der Waals surface area contributed by atoms with Crippen LogP contribution in [-0.4, -0.2) is 26.2 Å². The molecule has 2 heterocycles. The summed E-state index contributed by atoms with van der Waals surface area (Å²) in [6, 6.07) is 16.9. The Balaban J connectivity index is 1.66. The van der Waals surface area contributed by atoms with Crippen molar-refractivity contribution in [2.24, 2.45) is 0 Å². The second-order valence-corrected chi connectivity index (χ2v) is 8.79. The normalized spacial score (nSPS) is 11.0. The lowest BCUT2D eigenvalue weighted by atomic mass is 10.2. The number of carbonyl (C=O) groups excluding carboxylic acids is 1. The number of thioether (sulfide) groups is 1. The topological polar surface area (TPSA) is 79.8 Å². The van der Waals surface area contributed by atoms with Crippen LogP contribution in [0.25, 0.3) is 16.7 Å². The average Bonchev–Trinajstić information content (AvgIpc) is 3.08. The van der Waals surface area contributed by atoms with E-state index in [4.69, 9.17) is 0 Å². The van der Waals surface area contributed by atoms with Crippen LogP contribution in [-0.2, 0) is 4.79 Å². The minimum absolute atomic E-state index is 0.125. The van der Waals surface area contributed by atoms with Crippen LogP contribution in [0.4, 0.5) is 5.69 Å². The van der Waals surface area contributed by atoms with Crippen LogP contribution in [0.2, 0.25) is 0 Å². The second-order valence-electron chi connectivity index (χ2n) is 6.93. The van der Waals surface area contributed by atoms with Gasteiger partial charge in [0.25, 0.3) is 5.56 Å². The molecular formula is C22H19BrN4O2S. The van der Waals surface area contributed by atoms with Crippen LogP contribution in [0.1, 0.15) is 11.3 Å². The molecule has 4 rings (SSSR count). The highest BCUT2D eigenvalue weighted by Crippen LogP contribution is 2.23. The van der Waals surface area contributed by atoms with Crippen molar-refractivity contribution in [1.82, 2.24) is 14.5 Å². The smallest absolute Gasteiger partial charge is 0.283 e. The molecule has 0 aliphatic heterocycles. The van der Waals surface area contributed by atoms with Gasteiger partial charge in [-0.3, -0.25) is 14.2 Å². The van der Waals surface area contributed by atoms with Gasteiger partial charge in [0.2, 0.25) is 5.91 Å². The molecule has 2 aromatic carbocycles. The number of aryl methyl sites for hydroxylation is 2. The van der Waals surface area contributed by atoms with Crippen LogP contribution < -0.4 is 10.9 Å². The molecule has 8 heteroatoms. The maximum absolute atomic E-state index is 13.2. The minimum atomic E-state index is -0.188. The lowest BCUT2D eigenvalue weighted by Crippen LogP contribution is -2.23. The molecule has 2 aromatic heterocycles. The van der Waals surface area contributed by atoms with E-state index in [0.29, 0.717) is 27.6 Å². The number of nitrogens with zero attached hydrogens (tertiary/aromatic N) is 2. The molecule has 0 fully saturated rings. The fraction of sp³-hybridized carbons (Fsp3) is 0.136. The van der Waals surface area contributed by atoms with Crippen molar-refractivity contribution < 1.29 is 4.79 Å². The van der Waals surface area contributed by atoms with Crippen LogP contribution in [0.15, 0.2) is 69.0 Å². The fourth-order valence-electron chi connectivity index (χ4n) is 3.09. The summed E-state index contributed by atoms with van der Waals surface area (Å²) in [5.41, 5.74) is 4.23. The number of fused-ring (bicyclic) bond motifs is 1. The molecule has 0 aliphatic carbocycles. The maximum Gasteiger partial charge on any atom is 0.283 e. The van der Waals surface area contributed by atoms with Gasteiger partial charge in [0.05, 0.1) is 17.0 Å². The summed E-state index contributed by atoms with van der Waals surface area (Å²) in [5.74, 6) is -0.0483. The van der Waals surface area contributed by atoms with Crippen molar-refractivity contribution in [3.63, 3.8) is 0 Å². The lowest BCUT2D eigenvalue weighted by molar-refractivity contribution is -0.113. The molecule has 30 heavy (non-hydrogen) atoms. The summed E-state index contributed by atoms with van der Waals surface area (Å²) in [6.45, 7) is 3.87. The van der Waals surface area contributed by atoms with E-state index < -0.39 is 0 Å². The lowest BCUT2D eigenvalue weighted by Gasteiger charge is -2.12. The Morgan fingerprint density at radius 1 is 1.17 bits per heavy atom. The number of H-pyrrole nitrogens is 1. The molecule has 0 unspecified atom stereocenters. The largest absolute Gasteiger partial charge is 0.353 e. The fourth-order valence-corrected chi connectivity index (χ4v) is 4.30. The van der Waals surface area contributed by atoms with Gasteiger partial charge in [-0.05, 0) is 50.2 Å². The molecule has 4 aromatic rings. The summed E-state index contributed by atoms with van der Waals surface area (Å²) in [6.07, 6.45) is 0. The highest BCUT2D eigenvalue weighted by molar-refractivity contribution is 9.10. The van der Waals surface area contributed by atoms with Crippen molar-refractivity contribution in [2.75, 3.05) is 11.1 Å². The van der Waals surface area contributed by atoms with Crippen LogP contribution in [0.5, 0.6) is 0 Å². The molecule has 2 N–H and O–H groups in total. The third-order valence-corrected chi connectivity index (χ3v) is 5.92. The zero-order chi connectivity index (χ0) is 21.3. The van der Waals surface area contributed by atoms with Crippen molar-refractivity contribution in [1.29, 1.82) is 0 Å². The van der Waals surface area contributed by atoms with E-state index in [0.717, 1.165) is 15.7 Å². The molecule has 0 radical (unpaired) electrons. The predicted molar refractivity (Wildman–Crippen MR) is 125 cm³/mol. The number of rotatable bonds is 5. The number of nitrogens with one attached hydrogen (secondary N) is 2. The first-order chi connectivity index (χ1) is 14.4. The van der Waals surface area contributed by atoms with Gasteiger partial charge in [-0.25, -0.2) is 4.98 Å². The molecule has 0 atom stereocenters. The van der Waals surface area contributed by atoms with E-state index in [1.807, 2.05) is 68.4 Å². The number of carbonyl (C=O) groups is 1. The van der Waals surface area contributed by atoms with E-state index >= 15 is 0 Å². The maximum atomic E-state index is 13.2. The summed E-state index contributed by atoms with van der Waals surface area (Å²) in [7, 11) is 0. The summed E-state index contributed by atoms with van der Waals surface area (Å²) >= 11 is 4.62. The number of aromatic amines is 1. The highest BCUT2D eigenvalue weighted by atomic mass is 79.9. The number of anilines is 1. The average molecular weight is 483 g/mol. The Morgan fingerprint density at radius 2 is 1.93 bits per heavy atom. The zero-order valence-electron chi connectivity index (χ0n) is 16.4. The zero-order valence-corrected chi connectivity index (χ0v) is 18.8. The number of hydrogen-bond acceptors (Lipinski definition) is 4. The molecule has 0 saturated heterocycles. The Morgan fingerprint density at radius 3 is 2.67 bits per heavy atom. The first-order valence-corrected chi connectivity index (χ1v) is 11.1. The number of aromatic nitrogens is 3. The molecule has 152 valence electrons. The minimum Gasteiger partial charge on any atom is -0.353 e. The van der Waals surface area contributed by atoms with E-state index in [9.17, 15) is 9.59 Å². The SMILES string of the molecule is Cc1ccc(-n2c(SCC(=O)Nc3cccc(Br)c3)nc3cc(C)[nH]c3c2=O)cc1. The van der Waals surface area contributed by atoms with Gasteiger partial charge < -0.3 is 10.3 Å². The Hall–Kier alpha value is -2.84. The third-order valence-electron chi connectivity index (χ3n) is 4.49. The van der Waals surface area contributed by atoms with E-state index in [2.05, 4.69) is 31.2 Å². The molecule has 0 bridgehead atoms. The molecule has 0 aliphatic rings. The quantitative estimate of drug-likeness (QED) is 0.315. The number of benzene rings is 2. The third kappa shape index (κ3) is 4.34. The van der Waals surface area contributed by atoms with Crippen molar-refractivity contribution in [2.45, 2.75) is 19.0 Å².